The summed E-state index contributed by atoms with van der Waals surface area (Å²) in [6.45, 7) is 0. The summed E-state index contributed by atoms with van der Waals surface area (Å²) < 4.78 is 25.6. The molecule has 3 nitrogen and oxygen atoms in total. The van der Waals surface area contributed by atoms with Gasteiger partial charge >= 0.3 is 0 Å². The van der Waals surface area contributed by atoms with Crippen LogP contribution in [0.25, 0.3) is 0 Å². The van der Waals surface area contributed by atoms with Gasteiger partial charge in [0.25, 0.3) is 0 Å². The van der Waals surface area contributed by atoms with Gasteiger partial charge < -0.3 is 5.32 Å². The number of rotatable bonds is 3. The van der Waals surface area contributed by atoms with Crippen LogP contribution in [-0.2, 0) is 9.84 Å². The third kappa shape index (κ3) is 2.57. The topological polar surface area (TPSA) is 46.2 Å². The molecule has 0 aliphatic heterocycles. The summed E-state index contributed by atoms with van der Waals surface area (Å²) in [7, 11) is -1.69. The highest BCUT2D eigenvalue weighted by atomic mass is 79.9. The monoisotopic (exact) mass is 325 g/mol. The van der Waals surface area contributed by atoms with Crippen molar-refractivity contribution in [3.63, 3.8) is 0 Å². The molecule has 0 saturated carbocycles. The Balaban J connectivity index is 2.50. The molecule has 2 aromatic rings. The Morgan fingerprint density at radius 1 is 1.00 bits per heavy atom. The number of hydrogen-bond acceptors (Lipinski definition) is 3. The lowest BCUT2D eigenvalue weighted by Crippen LogP contribution is -2.02. The van der Waals surface area contributed by atoms with Crippen LogP contribution < -0.4 is 5.32 Å². The fourth-order valence-corrected chi connectivity index (χ4v) is 3.14. The van der Waals surface area contributed by atoms with Crippen LogP contribution in [0.1, 0.15) is 0 Å². The Kier molecular flexibility index (Phi) is 3.73. The van der Waals surface area contributed by atoms with Crippen LogP contribution in [0, 0.1) is 0 Å². The first-order chi connectivity index (χ1) is 8.54. The average Bonchev–Trinajstić information content (AvgIpc) is 2.39. The van der Waals surface area contributed by atoms with Gasteiger partial charge in [0.2, 0.25) is 9.84 Å². The van der Waals surface area contributed by atoms with Crippen LogP contribution in [0.5, 0.6) is 0 Å². The number of benzene rings is 2. The van der Waals surface area contributed by atoms with Gasteiger partial charge in [0, 0.05) is 17.2 Å². The van der Waals surface area contributed by atoms with E-state index in [-0.39, 0.29) is 4.90 Å². The molecule has 0 aromatic heterocycles. The molecule has 5 heteroatoms. The number of halogens is 1. The SMILES string of the molecule is CNc1cccc(S(=O)(=O)c2ccc(Br)cc2)c1. The van der Waals surface area contributed by atoms with Crippen molar-refractivity contribution >= 4 is 31.5 Å². The van der Waals surface area contributed by atoms with Crippen molar-refractivity contribution in [1.29, 1.82) is 0 Å². The quantitative estimate of drug-likeness (QED) is 0.941. The van der Waals surface area contributed by atoms with E-state index in [2.05, 4.69) is 21.2 Å². The Morgan fingerprint density at radius 3 is 2.28 bits per heavy atom. The molecule has 2 rings (SSSR count). The molecule has 2 aromatic carbocycles. The van der Waals surface area contributed by atoms with Crippen LogP contribution >= 0.6 is 15.9 Å². The molecule has 0 unspecified atom stereocenters. The predicted octanol–water partition coefficient (Wildman–Crippen LogP) is 3.32. The molecule has 0 saturated heterocycles. The van der Waals surface area contributed by atoms with E-state index in [1.165, 1.54) is 0 Å². The third-order valence-corrected chi connectivity index (χ3v) is 4.85. The Labute approximate surface area is 115 Å². The number of sulfone groups is 1. The van der Waals surface area contributed by atoms with Gasteiger partial charge in [-0.3, -0.25) is 0 Å². The van der Waals surface area contributed by atoms with Crippen LogP contribution in [0.4, 0.5) is 5.69 Å². The molecule has 0 atom stereocenters. The normalized spacial score (nSPS) is 11.2. The van der Waals surface area contributed by atoms with Crippen LogP contribution in [0.15, 0.2) is 62.8 Å². The fourth-order valence-electron chi connectivity index (χ4n) is 1.57. The van der Waals surface area contributed by atoms with E-state index in [9.17, 15) is 8.42 Å². The molecule has 0 bridgehead atoms. The summed E-state index contributed by atoms with van der Waals surface area (Å²) in [5.74, 6) is 0. The van der Waals surface area contributed by atoms with Crippen molar-refractivity contribution in [2.45, 2.75) is 9.79 Å². The molecule has 0 amide bonds. The maximum Gasteiger partial charge on any atom is 0.206 e. The number of hydrogen-bond donors (Lipinski definition) is 1. The molecular formula is C13H12BrNO2S. The van der Waals surface area contributed by atoms with Gasteiger partial charge in [-0.15, -0.1) is 0 Å². The molecule has 18 heavy (non-hydrogen) atoms. The first-order valence-electron chi connectivity index (χ1n) is 5.32. The van der Waals surface area contributed by atoms with E-state index in [1.54, 1.807) is 49.5 Å². The second-order valence-corrected chi connectivity index (χ2v) is 6.60. The molecule has 0 aliphatic carbocycles. The Hall–Kier alpha value is -1.33. The highest BCUT2D eigenvalue weighted by molar-refractivity contribution is 9.10. The van der Waals surface area contributed by atoms with Crippen LogP contribution in [0.2, 0.25) is 0 Å². The van der Waals surface area contributed by atoms with E-state index in [1.807, 2.05) is 6.07 Å². The van der Waals surface area contributed by atoms with Gasteiger partial charge in [-0.25, -0.2) is 8.42 Å². The molecule has 94 valence electrons. The van der Waals surface area contributed by atoms with Gasteiger partial charge in [-0.05, 0) is 42.5 Å². The summed E-state index contributed by atoms with van der Waals surface area (Å²) in [6, 6.07) is 13.4. The standard InChI is InChI=1S/C13H12BrNO2S/c1-15-11-3-2-4-13(9-11)18(16,17)12-7-5-10(14)6-8-12/h2-9,15H,1H3. The lowest BCUT2D eigenvalue weighted by molar-refractivity contribution is 0.596. The largest absolute Gasteiger partial charge is 0.388 e. The number of nitrogens with one attached hydrogen (secondary N) is 1. The predicted molar refractivity (Wildman–Crippen MR) is 75.6 cm³/mol. The highest BCUT2D eigenvalue weighted by Crippen LogP contribution is 2.24. The first kappa shape index (κ1) is 13.1. The first-order valence-corrected chi connectivity index (χ1v) is 7.60. The molecule has 0 spiro atoms. The Bertz CT molecular complexity index is 651. The zero-order chi connectivity index (χ0) is 13.2. The second-order valence-electron chi connectivity index (χ2n) is 3.74. The van der Waals surface area contributed by atoms with Crippen molar-refractivity contribution in [2.24, 2.45) is 0 Å². The smallest absolute Gasteiger partial charge is 0.206 e. The summed E-state index contributed by atoms with van der Waals surface area (Å²) in [6.07, 6.45) is 0. The van der Waals surface area contributed by atoms with Gasteiger partial charge in [0.15, 0.2) is 0 Å². The number of anilines is 1. The molecular weight excluding hydrogens is 314 g/mol. The van der Waals surface area contributed by atoms with E-state index in [4.69, 9.17) is 0 Å². The van der Waals surface area contributed by atoms with Crippen LogP contribution in [0.3, 0.4) is 0 Å². The highest BCUT2D eigenvalue weighted by Gasteiger charge is 2.17. The minimum Gasteiger partial charge on any atom is -0.388 e. The summed E-state index contributed by atoms with van der Waals surface area (Å²) in [5, 5.41) is 2.93. The lowest BCUT2D eigenvalue weighted by Gasteiger charge is -2.06. The van der Waals surface area contributed by atoms with E-state index >= 15 is 0 Å². The average molecular weight is 326 g/mol. The fraction of sp³-hybridized carbons (Fsp3) is 0.0769. The van der Waals surface area contributed by atoms with Gasteiger partial charge in [-0.2, -0.15) is 0 Å². The zero-order valence-corrected chi connectivity index (χ0v) is 12.1. The van der Waals surface area contributed by atoms with Gasteiger partial charge in [0.1, 0.15) is 0 Å². The Morgan fingerprint density at radius 2 is 1.67 bits per heavy atom. The molecule has 0 aliphatic rings. The minimum absolute atomic E-state index is 0.289. The third-order valence-electron chi connectivity index (χ3n) is 2.56. The zero-order valence-electron chi connectivity index (χ0n) is 9.72. The maximum atomic E-state index is 12.4. The van der Waals surface area contributed by atoms with Crippen molar-refractivity contribution in [3.8, 4) is 0 Å². The minimum atomic E-state index is -3.45. The summed E-state index contributed by atoms with van der Waals surface area (Å²) in [5.41, 5.74) is 0.771. The maximum absolute atomic E-state index is 12.4. The second kappa shape index (κ2) is 5.12. The van der Waals surface area contributed by atoms with Crippen molar-refractivity contribution < 1.29 is 8.42 Å². The van der Waals surface area contributed by atoms with Crippen molar-refractivity contribution in [2.75, 3.05) is 12.4 Å². The molecule has 0 fully saturated rings. The lowest BCUT2D eigenvalue weighted by atomic mass is 10.3. The molecule has 0 radical (unpaired) electrons. The molecule has 0 heterocycles. The van der Waals surface area contributed by atoms with Gasteiger partial charge in [-0.1, -0.05) is 22.0 Å². The van der Waals surface area contributed by atoms with Crippen molar-refractivity contribution in [1.82, 2.24) is 0 Å². The summed E-state index contributed by atoms with van der Waals surface area (Å²) >= 11 is 3.29. The van der Waals surface area contributed by atoms with Crippen molar-refractivity contribution in [3.05, 3.63) is 53.0 Å². The van der Waals surface area contributed by atoms with E-state index in [0.717, 1.165) is 10.2 Å². The summed E-state index contributed by atoms with van der Waals surface area (Å²) in [4.78, 5) is 0.579. The van der Waals surface area contributed by atoms with E-state index in [0.29, 0.717) is 4.90 Å². The van der Waals surface area contributed by atoms with Gasteiger partial charge in [0.05, 0.1) is 9.79 Å². The van der Waals surface area contributed by atoms with E-state index < -0.39 is 9.84 Å². The van der Waals surface area contributed by atoms with Crippen LogP contribution in [-0.4, -0.2) is 15.5 Å². The molecule has 1 N–H and O–H groups in total.